The first-order valence-electron chi connectivity index (χ1n) is 10.3. The zero-order chi connectivity index (χ0) is 21.8. The van der Waals surface area contributed by atoms with Crippen LogP contribution in [-0.4, -0.2) is 35.9 Å². The molecule has 31 heavy (non-hydrogen) atoms. The monoisotopic (exact) mass is 431 g/mol. The van der Waals surface area contributed by atoms with Crippen molar-refractivity contribution in [3.05, 3.63) is 77.9 Å². The Labute approximate surface area is 186 Å². The lowest BCUT2D eigenvalue weighted by Crippen LogP contribution is -2.07. The molecular formula is C24H25N5OS. The highest BCUT2D eigenvalue weighted by atomic mass is 32.2. The number of carbonyl (C=O) groups is 1. The lowest BCUT2D eigenvalue weighted by Gasteiger charge is -2.10. The fourth-order valence-electron chi connectivity index (χ4n) is 3.72. The van der Waals surface area contributed by atoms with Crippen molar-refractivity contribution in [1.82, 2.24) is 24.3 Å². The Morgan fingerprint density at radius 2 is 1.77 bits per heavy atom. The average Bonchev–Trinajstić information content (AvgIpc) is 3.35. The van der Waals surface area contributed by atoms with Crippen molar-refractivity contribution in [1.29, 1.82) is 0 Å². The topological polar surface area (TPSA) is 65.6 Å². The zero-order valence-corrected chi connectivity index (χ0v) is 18.8. The van der Waals surface area contributed by atoms with Crippen molar-refractivity contribution < 1.29 is 4.79 Å². The first-order valence-corrected chi connectivity index (χ1v) is 11.3. The standard InChI is InChI=1S/C24H25N5OS/c1-4-14-28-17(2)15-21(18(28)3)22(30)16-31-24-27-26-23(19-10-12-25-13-11-19)29(24)20-8-6-5-7-9-20/h5-13,15H,4,14,16H2,1-3H3. The molecule has 0 aliphatic rings. The van der Waals surface area contributed by atoms with Crippen molar-refractivity contribution >= 4 is 17.5 Å². The van der Waals surface area contributed by atoms with E-state index < -0.39 is 0 Å². The molecule has 6 nitrogen and oxygen atoms in total. The minimum atomic E-state index is 0.105. The largest absolute Gasteiger partial charge is 0.348 e. The molecule has 0 unspecified atom stereocenters. The first-order chi connectivity index (χ1) is 15.1. The van der Waals surface area contributed by atoms with E-state index in [2.05, 4.69) is 33.6 Å². The van der Waals surface area contributed by atoms with Gasteiger partial charge in [-0.1, -0.05) is 36.9 Å². The molecule has 3 heterocycles. The van der Waals surface area contributed by atoms with Crippen molar-refractivity contribution in [3.63, 3.8) is 0 Å². The van der Waals surface area contributed by atoms with Crippen molar-refractivity contribution in [3.8, 4) is 17.1 Å². The third-order valence-electron chi connectivity index (χ3n) is 5.24. The summed E-state index contributed by atoms with van der Waals surface area (Å²) in [7, 11) is 0. The smallest absolute Gasteiger partial charge is 0.196 e. The summed E-state index contributed by atoms with van der Waals surface area (Å²) >= 11 is 1.41. The van der Waals surface area contributed by atoms with E-state index in [1.165, 1.54) is 11.8 Å². The van der Waals surface area contributed by atoms with Crippen LogP contribution in [0.4, 0.5) is 0 Å². The van der Waals surface area contributed by atoms with Crippen LogP contribution in [0.2, 0.25) is 0 Å². The van der Waals surface area contributed by atoms with E-state index in [0.29, 0.717) is 10.9 Å². The maximum absolute atomic E-state index is 13.0. The number of ketones is 1. The Kier molecular flexibility index (Phi) is 6.32. The molecule has 7 heteroatoms. The van der Waals surface area contributed by atoms with Gasteiger partial charge in [-0.2, -0.15) is 0 Å². The normalized spacial score (nSPS) is 11.1. The molecule has 0 bridgehead atoms. The highest BCUT2D eigenvalue weighted by Gasteiger charge is 2.20. The highest BCUT2D eigenvalue weighted by Crippen LogP contribution is 2.28. The van der Waals surface area contributed by atoms with Gasteiger partial charge in [0.2, 0.25) is 0 Å². The molecule has 0 atom stereocenters. The van der Waals surface area contributed by atoms with Crippen molar-refractivity contribution in [2.45, 2.75) is 38.9 Å². The van der Waals surface area contributed by atoms with Gasteiger partial charge in [0.05, 0.1) is 5.75 Å². The van der Waals surface area contributed by atoms with Crippen LogP contribution < -0.4 is 0 Å². The second kappa shape index (κ2) is 9.31. The molecule has 0 amide bonds. The van der Waals surface area contributed by atoms with Crippen LogP contribution in [0.25, 0.3) is 17.1 Å². The van der Waals surface area contributed by atoms with E-state index in [1.54, 1.807) is 12.4 Å². The van der Waals surface area contributed by atoms with E-state index in [9.17, 15) is 4.79 Å². The number of thioether (sulfide) groups is 1. The van der Waals surface area contributed by atoms with Crippen LogP contribution >= 0.6 is 11.8 Å². The first kappa shape index (κ1) is 21.1. The van der Waals surface area contributed by atoms with Crippen LogP contribution in [0.5, 0.6) is 0 Å². The number of hydrogen-bond donors (Lipinski definition) is 0. The Balaban J connectivity index is 1.63. The number of rotatable bonds is 8. The van der Waals surface area contributed by atoms with Gasteiger partial charge in [0, 0.05) is 47.1 Å². The van der Waals surface area contributed by atoms with E-state index in [1.807, 2.05) is 60.0 Å². The Hall–Kier alpha value is -3.19. The van der Waals surface area contributed by atoms with Crippen LogP contribution in [0.15, 0.2) is 66.1 Å². The number of nitrogens with zero attached hydrogens (tertiary/aromatic N) is 5. The third kappa shape index (κ3) is 4.32. The van der Waals surface area contributed by atoms with Crippen LogP contribution in [0, 0.1) is 13.8 Å². The van der Waals surface area contributed by atoms with Gasteiger partial charge in [-0.05, 0) is 50.6 Å². The molecule has 0 N–H and O–H groups in total. The maximum Gasteiger partial charge on any atom is 0.196 e. The number of aryl methyl sites for hydroxylation is 1. The molecule has 0 radical (unpaired) electrons. The average molecular weight is 432 g/mol. The van der Waals surface area contributed by atoms with E-state index in [-0.39, 0.29) is 5.78 Å². The summed E-state index contributed by atoms with van der Waals surface area (Å²) in [5.74, 6) is 1.13. The Morgan fingerprint density at radius 3 is 2.48 bits per heavy atom. The summed E-state index contributed by atoms with van der Waals surface area (Å²) in [6.45, 7) is 7.15. The third-order valence-corrected chi connectivity index (χ3v) is 6.17. The maximum atomic E-state index is 13.0. The van der Waals surface area contributed by atoms with Crippen molar-refractivity contribution in [2.24, 2.45) is 0 Å². The van der Waals surface area contributed by atoms with Gasteiger partial charge >= 0.3 is 0 Å². The minimum Gasteiger partial charge on any atom is -0.348 e. The molecule has 158 valence electrons. The Bertz CT molecular complexity index is 1180. The molecule has 4 aromatic rings. The van der Waals surface area contributed by atoms with Crippen molar-refractivity contribution in [2.75, 3.05) is 5.75 Å². The SMILES string of the molecule is CCCn1c(C)cc(C(=O)CSc2nnc(-c3ccncc3)n2-c2ccccc2)c1C. The van der Waals surface area contributed by atoms with E-state index in [4.69, 9.17) is 0 Å². The molecule has 0 saturated heterocycles. The lowest BCUT2D eigenvalue weighted by atomic mass is 10.2. The second-order valence-electron chi connectivity index (χ2n) is 7.36. The van der Waals surface area contributed by atoms with Gasteiger partial charge in [-0.25, -0.2) is 0 Å². The van der Waals surface area contributed by atoms with E-state index in [0.717, 1.165) is 47.0 Å². The number of aromatic nitrogens is 5. The molecule has 0 saturated carbocycles. The number of Topliss-reactive ketones (excluding diaryl/α,β-unsaturated/α-hetero) is 1. The second-order valence-corrected chi connectivity index (χ2v) is 8.30. The lowest BCUT2D eigenvalue weighted by molar-refractivity contribution is 0.102. The van der Waals surface area contributed by atoms with Gasteiger partial charge in [0.1, 0.15) is 0 Å². The summed E-state index contributed by atoms with van der Waals surface area (Å²) in [6.07, 6.45) is 4.51. The fourth-order valence-corrected chi connectivity index (χ4v) is 4.56. The Morgan fingerprint density at radius 1 is 1.03 bits per heavy atom. The van der Waals surface area contributed by atoms with E-state index >= 15 is 0 Å². The fraction of sp³-hybridized carbons (Fsp3) is 0.250. The van der Waals surface area contributed by atoms with Gasteiger partial charge in [0.15, 0.2) is 16.8 Å². The molecule has 0 spiro atoms. The summed E-state index contributed by atoms with van der Waals surface area (Å²) in [4.78, 5) is 17.1. The minimum absolute atomic E-state index is 0.105. The predicted molar refractivity (Wildman–Crippen MR) is 124 cm³/mol. The van der Waals surface area contributed by atoms with Crippen LogP contribution in [-0.2, 0) is 6.54 Å². The molecule has 4 rings (SSSR count). The van der Waals surface area contributed by atoms with Crippen LogP contribution in [0.3, 0.4) is 0 Å². The van der Waals surface area contributed by atoms with Crippen LogP contribution in [0.1, 0.15) is 35.1 Å². The summed E-state index contributed by atoms with van der Waals surface area (Å²) < 4.78 is 4.21. The van der Waals surface area contributed by atoms with Gasteiger partial charge < -0.3 is 4.57 Å². The molecule has 0 aliphatic carbocycles. The number of carbonyl (C=O) groups excluding carboxylic acids is 1. The molecule has 1 aromatic carbocycles. The highest BCUT2D eigenvalue weighted by molar-refractivity contribution is 7.99. The number of benzene rings is 1. The zero-order valence-electron chi connectivity index (χ0n) is 17.9. The molecular weight excluding hydrogens is 406 g/mol. The molecule has 0 aliphatic heterocycles. The number of hydrogen-bond acceptors (Lipinski definition) is 5. The molecule has 3 aromatic heterocycles. The quantitative estimate of drug-likeness (QED) is 0.286. The predicted octanol–water partition coefficient (Wildman–Crippen LogP) is 5.13. The number of para-hydroxylation sites is 1. The van der Waals surface area contributed by atoms with Gasteiger partial charge in [-0.15, -0.1) is 10.2 Å². The molecule has 0 fully saturated rings. The van der Waals surface area contributed by atoms with Gasteiger partial charge in [0.25, 0.3) is 0 Å². The van der Waals surface area contributed by atoms with Gasteiger partial charge in [-0.3, -0.25) is 14.3 Å². The summed E-state index contributed by atoms with van der Waals surface area (Å²) in [5.41, 5.74) is 4.83. The summed E-state index contributed by atoms with van der Waals surface area (Å²) in [6, 6.07) is 15.8. The number of pyridine rings is 1. The summed E-state index contributed by atoms with van der Waals surface area (Å²) in [5, 5.41) is 9.52.